The summed E-state index contributed by atoms with van der Waals surface area (Å²) in [7, 11) is 0. The molecule has 1 aliphatic carbocycles. The predicted molar refractivity (Wildman–Crippen MR) is 135 cm³/mol. The van der Waals surface area contributed by atoms with Crippen molar-refractivity contribution in [1.29, 1.82) is 0 Å². The fourth-order valence-electron chi connectivity index (χ4n) is 6.33. The molecule has 2 bridgehead atoms. The molecule has 39 heavy (non-hydrogen) atoms. The molecule has 0 unspecified atom stereocenters. The van der Waals surface area contributed by atoms with Crippen LogP contribution in [0.4, 0.5) is 0 Å². The fourth-order valence-corrected chi connectivity index (χ4v) is 6.33. The molecule has 4 heterocycles. The van der Waals surface area contributed by atoms with Gasteiger partial charge in [-0.05, 0) is 25.8 Å². The highest BCUT2D eigenvalue weighted by molar-refractivity contribution is 5.89. The minimum Gasteiger partial charge on any atom is -0.363 e. The van der Waals surface area contributed by atoms with E-state index in [1.54, 1.807) is 0 Å². The molecule has 10 atom stereocenters. The lowest BCUT2D eigenvalue weighted by Crippen LogP contribution is -2.60. The Bertz CT molecular complexity index is 1160. The summed E-state index contributed by atoms with van der Waals surface area (Å²) < 4.78 is 49.6. The van der Waals surface area contributed by atoms with E-state index >= 15 is 0 Å². The topological polar surface area (TPSA) is 90.9 Å². The number of fused-ring (bicyclic) bond motifs is 5. The molecule has 5 fully saturated rings. The lowest BCUT2D eigenvalue weighted by molar-refractivity contribution is -0.281. The van der Waals surface area contributed by atoms with Gasteiger partial charge in [-0.15, -0.1) is 0 Å². The van der Waals surface area contributed by atoms with Crippen molar-refractivity contribution in [1.82, 2.24) is 0 Å². The fraction of sp³-hybridized carbons (Fsp3) is 0.567. The van der Waals surface area contributed by atoms with Gasteiger partial charge in [0, 0.05) is 11.5 Å². The maximum absolute atomic E-state index is 14.0. The van der Waals surface area contributed by atoms with Crippen LogP contribution in [0, 0.1) is 5.92 Å². The first-order chi connectivity index (χ1) is 18.9. The molecule has 7 rings (SSSR count). The summed E-state index contributed by atoms with van der Waals surface area (Å²) in [5.74, 6) is -1.02. The van der Waals surface area contributed by atoms with E-state index in [2.05, 4.69) is 0 Å². The minimum atomic E-state index is -0.811. The van der Waals surface area contributed by atoms with Crippen LogP contribution in [0.5, 0.6) is 0 Å². The van der Waals surface area contributed by atoms with Crippen molar-refractivity contribution in [3.05, 3.63) is 71.8 Å². The van der Waals surface area contributed by atoms with Crippen LogP contribution in [0.1, 0.15) is 37.7 Å². The summed E-state index contributed by atoms with van der Waals surface area (Å²) in [5.41, 5.74) is 1.89. The van der Waals surface area contributed by atoms with E-state index < -0.39 is 55.0 Å². The van der Waals surface area contributed by atoms with Crippen molar-refractivity contribution in [3.8, 4) is 0 Å². The number of rotatable bonds is 6. The monoisotopic (exact) mass is 538 g/mol. The van der Waals surface area contributed by atoms with E-state index in [1.165, 1.54) is 0 Å². The molecule has 4 saturated heterocycles. The summed E-state index contributed by atoms with van der Waals surface area (Å²) >= 11 is 0. The van der Waals surface area contributed by atoms with Crippen molar-refractivity contribution >= 4 is 5.78 Å². The van der Waals surface area contributed by atoms with Gasteiger partial charge >= 0.3 is 0 Å². The van der Waals surface area contributed by atoms with Crippen LogP contribution in [0.2, 0.25) is 0 Å². The van der Waals surface area contributed by atoms with Crippen molar-refractivity contribution in [2.45, 2.75) is 88.0 Å². The number of hydrogen-bond donors (Lipinski definition) is 0. The van der Waals surface area contributed by atoms with Crippen LogP contribution >= 0.6 is 0 Å². The quantitative estimate of drug-likeness (QED) is 0.550. The van der Waals surface area contributed by atoms with Gasteiger partial charge in [0.1, 0.15) is 36.6 Å². The molecule has 208 valence electrons. The van der Waals surface area contributed by atoms with Crippen LogP contribution in [0.3, 0.4) is 0 Å². The number of carbonyl (C=O) groups excluding carboxylic acids is 1. The molecule has 0 amide bonds. The Kier molecular flexibility index (Phi) is 6.81. The predicted octanol–water partition coefficient (Wildman–Crippen LogP) is 3.30. The van der Waals surface area contributed by atoms with Gasteiger partial charge in [0.2, 0.25) is 0 Å². The normalized spacial score (nSPS) is 40.7. The van der Waals surface area contributed by atoms with Crippen molar-refractivity contribution in [3.63, 3.8) is 0 Å². The highest BCUT2D eigenvalue weighted by atomic mass is 16.8. The van der Waals surface area contributed by atoms with Gasteiger partial charge in [0.25, 0.3) is 0 Å². The van der Waals surface area contributed by atoms with E-state index in [0.29, 0.717) is 19.6 Å². The molecule has 9 nitrogen and oxygen atoms in total. The van der Waals surface area contributed by atoms with Crippen molar-refractivity contribution in [2.75, 3.05) is 13.2 Å². The van der Waals surface area contributed by atoms with Crippen LogP contribution in [-0.2, 0) is 49.3 Å². The zero-order chi connectivity index (χ0) is 26.6. The Morgan fingerprint density at radius 3 is 2.41 bits per heavy atom. The van der Waals surface area contributed by atoms with Gasteiger partial charge in [0.05, 0.1) is 25.9 Å². The maximum atomic E-state index is 14.0. The van der Waals surface area contributed by atoms with E-state index in [0.717, 1.165) is 11.1 Å². The molecular weight excluding hydrogens is 504 g/mol. The van der Waals surface area contributed by atoms with E-state index in [9.17, 15) is 4.79 Å². The lowest BCUT2D eigenvalue weighted by Gasteiger charge is -2.46. The number of benzene rings is 2. The highest BCUT2D eigenvalue weighted by Gasteiger charge is 2.60. The molecule has 2 aromatic carbocycles. The zero-order valence-corrected chi connectivity index (χ0v) is 22.0. The first-order valence-corrected chi connectivity index (χ1v) is 13.7. The molecule has 0 aromatic heterocycles. The van der Waals surface area contributed by atoms with Gasteiger partial charge in [-0.2, -0.15) is 0 Å². The Labute approximate surface area is 227 Å². The van der Waals surface area contributed by atoms with Crippen LogP contribution in [0.15, 0.2) is 60.7 Å². The van der Waals surface area contributed by atoms with Gasteiger partial charge < -0.3 is 37.9 Å². The summed E-state index contributed by atoms with van der Waals surface area (Å²) in [6, 6.07) is 19.6. The molecule has 1 saturated carbocycles. The molecular formula is C30H34O9. The standard InChI is InChI=1S/C30H34O9/c1-30(2)38-26-24(21-16-34-29(36-21)27(26)39-30)35-20-13-19-15-33-28(18-11-7-4-8-12-18)37-23(19)25(22(20)31)32-14-17-9-5-3-6-10-17/h3-12,19-21,23-29H,13-16H2,1-2H3/t19-,20+,21-,23-,24-,25-,26+,27+,28-,29-/m1/s1. The molecule has 0 N–H and O–H groups in total. The van der Waals surface area contributed by atoms with Crippen molar-refractivity contribution in [2.24, 2.45) is 5.92 Å². The van der Waals surface area contributed by atoms with Gasteiger partial charge in [-0.1, -0.05) is 60.7 Å². The summed E-state index contributed by atoms with van der Waals surface area (Å²) in [5, 5.41) is 0. The first kappa shape index (κ1) is 25.7. The Balaban J connectivity index is 1.13. The van der Waals surface area contributed by atoms with E-state index in [4.69, 9.17) is 37.9 Å². The smallest absolute Gasteiger partial charge is 0.192 e. The average molecular weight is 539 g/mol. The number of ketones is 1. The third-order valence-corrected chi connectivity index (χ3v) is 8.14. The number of ether oxygens (including phenoxy) is 8. The van der Waals surface area contributed by atoms with Crippen molar-refractivity contribution < 1.29 is 42.7 Å². The van der Waals surface area contributed by atoms with E-state index in [-0.39, 0.29) is 24.4 Å². The van der Waals surface area contributed by atoms with Crippen LogP contribution in [-0.4, -0.2) is 73.8 Å². The van der Waals surface area contributed by atoms with Gasteiger partial charge in [-0.3, -0.25) is 4.79 Å². The van der Waals surface area contributed by atoms with Crippen LogP contribution < -0.4 is 0 Å². The largest absolute Gasteiger partial charge is 0.363 e. The third-order valence-electron chi connectivity index (χ3n) is 8.14. The molecule has 0 radical (unpaired) electrons. The zero-order valence-electron chi connectivity index (χ0n) is 22.0. The highest BCUT2D eigenvalue weighted by Crippen LogP contribution is 2.44. The average Bonchev–Trinajstić information content (AvgIpc) is 3.54. The molecule has 2 aromatic rings. The second-order valence-corrected chi connectivity index (χ2v) is 11.3. The lowest BCUT2D eigenvalue weighted by atomic mass is 9.81. The SMILES string of the molecule is CC1(C)O[C@@H]2[C@H](O1)[C@@H]1OC[C@@H](O1)[C@H]2O[C@H]1C[C@@H]2CO[C@@H](c3ccccc3)O[C@H]2[C@H](OCc2ccccc2)C1=O. The van der Waals surface area contributed by atoms with Gasteiger partial charge in [-0.25, -0.2) is 0 Å². The number of carbonyl (C=O) groups is 1. The summed E-state index contributed by atoms with van der Waals surface area (Å²) in [6.07, 6.45) is -4.29. The molecule has 0 spiro atoms. The molecule has 5 aliphatic rings. The summed E-state index contributed by atoms with van der Waals surface area (Å²) in [4.78, 5) is 14.0. The number of hydrogen-bond acceptors (Lipinski definition) is 9. The first-order valence-electron chi connectivity index (χ1n) is 13.7. The number of Topliss-reactive ketones (excluding diaryl/α,β-unsaturated/α-hetero) is 1. The second-order valence-electron chi connectivity index (χ2n) is 11.3. The van der Waals surface area contributed by atoms with Gasteiger partial charge in [0.15, 0.2) is 24.2 Å². The maximum Gasteiger partial charge on any atom is 0.192 e. The third kappa shape index (κ3) is 4.96. The minimum absolute atomic E-state index is 0.0847. The Morgan fingerprint density at radius 2 is 1.62 bits per heavy atom. The van der Waals surface area contributed by atoms with Crippen LogP contribution in [0.25, 0.3) is 0 Å². The molecule has 4 aliphatic heterocycles. The molecule has 9 heteroatoms. The second kappa shape index (κ2) is 10.3. The van der Waals surface area contributed by atoms with E-state index in [1.807, 2.05) is 74.5 Å². The Morgan fingerprint density at radius 1 is 0.872 bits per heavy atom. The summed E-state index contributed by atoms with van der Waals surface area (Å²) in [6.45, 7) is 4.80. The Hall–Kier alpha value is -2.21.